The third-order valence-electron chi connectivity index (χ3n) is 4.96. The fraction of sp³-hybridized carbons (Fsp3) is 0.409. The Labute approximate surface area is 161 Å². The number of hydrogen-bond donors (Lipinski definition) is 1. The van der Waals surface area contributed by atoms with Gasteiger partial charge in [0.15, 0.2) is 0 Å². The summed E-state index contributed by atoms with van der Waals surface area (Å²) in [6, 6.07) is 19.1. The summed E-state index contributed by atoms with van der Waals surface area (Å²) in [5.74, 6) is 0.572. The number of rotatable bonds is 7. The van der Waals surface area contributed by atoms with E-state index in [1.807, 2.05) is 18.2 Å². The lowest BCUT2D eigenvalue weighted by molar-refractivity contribution is -0.118. The van der Waals surface area contributed by atoms with E-state index in [0.717, 1.165) is 13.1 Å². The predicted molar refractivity (Wildman–Crippen MR) is 110 cm³/mol. The summed E-state index contributed by atoms with van der Waals surface area (Å²) in [6.45, 7) is 5.00. The minimum atomic E-state index is 0.108. The SMILES string of the molecule is Cc1ccccc1SCC(=O)NCC(c1ccccc1)N1CCCCC1. The Morgan fingerprint density at radius 3 is 2.46 bits per heavy atom. The summed E-state index contributed by atoms with van der Waals surface area (Å²) in [6.07, 6.45) is 3.82. The average molecular weight is 369 g/mol. The van der Waals surface area contributed by atoms with Crippen LogP contribution in [0.5, 0.6) is 0 Å². The molecule has 1 aliphatic rings. The quantitative estimate of drug-likeness (QED) is 0.734. The van der Waals surface area contributed by atoms with Gasteiger partial charge in [-0.2, -0.15) is 0 Å². The lowest BCUT2D eigenvalue weighted by Gasteiger charge is -2.35. The van der Waals surface area contributed by atoms with Crippen LogP contribution in [-0.2, 0) is 4.79 Å². The van der Waals surface area contributed by atoms with Gasteiger partial charge in [0, 0.05) is 11.4 Å². The molecular weight excluding hydrogens is 340 g/mol. The summed E-state index contributed by atoms with van der Waals surface area (Å²) in [4.78, 5) is 16.1. The molecule has 3 nitrogen and oxygen atoms in total. The molecule has 0 radical (unpaired) electrons. The first kappa shape index (κ1) is 19.0. The van der Waals surface area contributed by atoms with E-state index in [1.165, 1.54) is 35.3 Å². The fourth-order valence-electron chi connectivity index (χ4n) is 3.49. The summed E-state index contributed by atoms with van der Waals surface area (Å²) < 4.78 is 0. The molecule has 0 aliphatic carbocycles. The van der Waals surface area contributed by atoms with Crippen molar-refractivity contribution < 1.29 is 4.79 Å². The van der Waals surface area contributed by atoms with E-state index in [1.54, 1.807) is 11.8 Å². The van der Waals surface area contributed by atoms with Crippen LogP contribution < -0.4 is 5.32 Å². The molecule has 1 aliphatic heterocycles. The number of hydrogen-bond acceptors (Lipinski definition) is 3. The molecule has 1 unspecified atom stereocenters. The van der Waals surface area contributed by atoms with Crippen LogP contribution in [0.2, 0.25) is 0 Å². The van der Waals surface area contributed by atoms with Crippen molar-refractivity contribution in [3.05, 3.63) is 65.7 Å². The number of benzene rings is 2. The van der Waals surface area contributed by atoms with Gasteiger partial charge in [0.05, 0.1) is 11.8 Å². The molecular formula is C22H28N2OS. The zero-order valence-electron chi connectivity index (χ0n) is 15.5. The van der Waals surface area contributed by atoms with E-state index in [-0.39, 0.29) is 11.9 Å². The monoisotopic (exact) mass is 368 g/mol. The summed E-state index contributed by atoms with van der Waals surface area (Å²) >= 11 is 1.61. The van der Waals surface area contributed by atoms with E-state index < -0.39 is 0 Å². The van der Waals surface area contributed by atoms with Crippen molar-refractivity contribution in [3.8, 4) is 0 Å². The molecule has 2 aromatic rings. The Kier molecular flexibility index (Phi) is 7.15. The highest BCUT2D eigenvalue weighted by Crippen LogP contribution is 2.24. The highest BCUT2D eigenvalue weighted by atomic mass is 32.2. The van der Waals surface area contributed by atoms with Gasteiger partial charge in [0.1, 0.15) is 0 Å². The van der Waals surface area contributed by atoms with Gasteiger partial charge in [0.25, 0.3) is 0 Å². The van der Waals surface area contributed by atoms with E-state index in [9.17, 15) is 4.79 Å². The second-order valence-corrected chi connectivity index (χ2v) is 7.90. The molecule has 0 saturated carbocycles. The molecule has 2 aromatic carbocycles. The van der Waals surface area contributed by atoms with Crippen LogP contribution in [0.4, 0.5) is 0 Å². The van der Waals surface area contributed by atoms with Crippen LogP contribution in [0.15, 0.2) is 59.5 Å². The van der Waals surface area contributed by atoms with Crippen LogP contribution in [0.3, 0.4) is 0 Å². The van der Waals surface area contributed by atoms with Gasteiger partial charge in [-0.3, -0.25) is 9.69 Å². The van der Waals surface area contributed by atoms with Crippen molar-refractivity contribution >= 4 is 17.7 Å². The highest BCUT2D eigenvalue weighted by molar-refractivity contribution is 8.00. The minimum Gasteiger partial charge on any atom is -0.353 e. The van der Waals surface area contributed by atoms with Gasteiger partial charge in [0.2, 0.25) is 5.91 Å². The van der Waals surface area contributed by atoms with Crippen LogP contribution >= 0.6 is 11.8 Å². The maximum atomic E-state index is 12.4. The Morgan fingerprint density at radius 2 is 1.73 bits per heavy atom. The molecule has 1 saturated heterocycles. The van der Waals surface area contributed by atoms with Crippen LogP contribution in [0, 0.1) is 6.92 Å². The van der Waals surface area contributed by atoms with Crippen molar-refractivity contribution in [2.45, 2.75) is 37.1 Å². The molecule has 1 amide bonds. The second-order valence-electron chi connectivity index (χ2n) is 6.88. The zero-order valence-corrected chi connectivity index (χ0v) is 16.3. The molecule has 26 heavy (non-hydrogen) atoms. The van der Waals surface area contributed by atoms with Crippen molar-refractivity contribution in [3.63, 3.8) is 0 Å². The number of carbonyl (C=O) groups is 1. The van der Waals surface area contributed by atoms with Gasteiger partial charge < -0.3 is 5.32 Å². The maximum absolute atomic E-state index is 12.4. The third-order valence-corrected chi connectivity index (χ3v) is 6.14. The number of carbonyl (C=O) groups excluding carboxylic acids is 1. The van der Waals surface area contributed by atoms with Crippen LogP contribution in [0.25, 0.3) is 0 Å². The van der Waals surface area contributed by atoms with Gasteiger partial charge in [-0.25, -0.2) is 0 Å². The Morgan fingerprint density at radius 1 is 1.04 bits per heavy atom. The maximum Gasteiger partial charge on any atom is 0.230 e. The average Bonchev–Trinajstić information content (AvgIpc) is 2.69. The lowest BCUT2D eigenvalue weighted by atomic mass is 10.0. The topological polar surface area (TPSA) is 32.3 Å². The van der Waals surface area contributed by atoms with Gasteiger partial charge in [-0.05, 0) is 50.0 Å². The van der Waals surface area contributed by atoms with E-state index in [2.05, 4.69) is 53.5 Å². The first-order chi connectivity index (χ1) is 12.7. The largest absolute Gasteiger partial charge is 0.353 e. The molecule has 0 bridgehead atoms. The number of nitrogens with one attached hydrogen (secondary N) is 1. The lowest BCUT2D eigenvalue weighted by Crippen LogP contribution is -2.41. The molecule has 1 atom stereocenters. The highest BCUT2D eigenvalue weighted by Gasteiger charge is 2.22. The number of piperidine rings is 1. The molecule has 1 fully saturated rings. The molecule has 138 valence electrons. The fourth-order valence-corrected chi connectivity index (χ4v) is 4.35. The number of aryl methyl sites for hydroxylation is 1. The first-order valence-electron chi connectivity index (χ1n) is 9.48. The van der Waals surface area contributed by atoms with Gasteiger partial charge in [-0.15, -0.1) is 11.8 Å². The summed E-state index contributed by atoms with van der Waals surface area (Å²) in [5, 5.41) is 3.17. The van der Waals surface area contributed by atoms with Crippen molar-refractivity contribution in [2.24, 2.45) is 0 Å². The van der Waals surface area contributed by atoms with E-state index in [4.69, 9.17) is 0 Å². The van der Waals surface area contributed by atoms with Crippen molar-refractivity contribution in [2.75, 3.05) is 25.4 Å². The van der Waals surface area contributed by atoms with Crippen molar-refractivity contribution in [1.82, 2.24) is 10.2 Å². The third kappa shape index (κ3) is 5.36. The Bertz CT molecular complexity index is 698. The number of nitrogens with zero attached hydrogens (tertiary/aromatic N) is 1. The first-order valence-corrected chi connectivity index (χ1v) is 10.5. The zero-order chi connectivity index (χ0) is 18.2. The van der Waals surface area contributed by atoms with Gasteiger partial charge in [-0.1, -0.05) is 55.0 Å². The molecule has 0 spiro atoms. The van der Waals surface area contributed by atoms with Gasteiger partial charge >= 0.3 is 0 Å². The minimum absolute atomic E-state index is 0.108. The Hall–Kier alpha value is -1.78. The van der Waals surface area contributed by atoms with E-state index >= 15 is 0 Å². The van der Waals surface area contributed by atoms with Crippen molar-refractivity contribution in [1.29, 1.82) is 0 Å². The Balaban J connectivity index is 1.56. The summed E-state index contributed by atoms with van der Waals surface area (Å²) in [7, 11) is 0. The van der Waals surface area contributed by atoms with E-state index in [0.29, 0.717) is 12.3 Å². The van der Waals surface area contributed by atoms with Crippen LogP contribution in [-0.4, -0.2) is 36.2 Å². The molecule has 4 heteroatoms. The normalized spacial score (nSPS) is 16.2. The number of thioether (sulfide) groups is 1. The number of amides is 1. The smallest absolute Gasteiger partial charge is 0.230 e. The standard InChI is InChI=1S/C22H28N2OS/c1-18-10-6-7-13-21(18)26-17-22(25)23-16-20(19-11-4-2-5-12-19)24-14-8-3-9-15-24/h2,4-7,10-13,20H,3,8-9,14-17H2,1H3,(H,23,25). The van der Waals surface area contributed by atoms with Crippen LogP contribution in [0.1, 0.15) is 36.4 Å². The molecule has 1 N–H and O–H groups in total. The second kappa shape index (κ2) is 9.79. The predicted octanol–water partition coefficient (Wildman–Crippen LogP) is 4.43. The number of likely N-dealkylation sites (tertiary alicyclic amines) is 1. The molecule has 0 aromatic heterocycles. The molecule has 3 rings (SSSR count). The molecule has 1 heterocycles. The summed E-state index contributed by atoms with van der Waals surface area (Å²) in [5.41, 5.74) is 2.52.